The number of rotatable bonds is 3. The molecule has 1 aliphatic heterocycles. The van der Waals surface area contributed by atoms with E-state index in [1.165, 1.54) is 7.11 Å². The van der Waals surface area contributed by atoms with Crippen LogP contribution in [0.4, 0.5) is 0 Å². The van der Waals surface area contributed by atoms with Gasteiger partial charge in [0.15, 0.2) is 0 Å². The van der Waals surface area contributed by atoms with Crippen LogP contribution in [0.5, 0.6) is 0 Å². The van der Waals surface area contributed by atoms with Crippen LogP contribution in [0, 0.1) is 5.92 Å². The van der Waals surface area contributed by atoms with Crippen molar-refractivity contribution in [3.05, 3.63) is 0 Å². The summed E-state index contributed by atoms with van der Waals surface area (Å²) >= 11 is 0. The molecule has 14 heavy (non-hydrogen) atoms. The predicted octanol–water partition coefficient (Wildman–Crippen LogP) is -0.299. The summed E-state index contributed by atoms with van der Waals surface area (Å²) in [5, 5.41) is 2.47. The van der Waals surface area contributed by atoms with Crippen molar-refractivity contribution in [3.63, 3.8) is 0 Å². The van der Waals surface area contributed by atoms with E-state index >= 15 is 0 Å². The van der Waals surface area contributed by atoms with Crippen LogP contribution in [0.25, 0.3) is 0 Å². The molecule has 0 spiro atoms. The Morgan fingerprint density at radius 3 is 2.79 bits per heavy atom. The van der Waals surface area contributed by atoms with E-state index in [0.717, 1.165) is 6.42 Å². The number of esters is 1. The molecule has 0 aliphatic carbocycles. The van der Waals surface area contributed by atoms with Crippen LogP contribution in [-0.4, -0.2) is 38.2 Å². The third-order valence-electron chi connectivity index (χ3n) is 2.28. The Kier molecular flexibility index (Phi) is 3.88. The quantitative estimate of drug-likeness (QED) is 0.637. The molecular weight excluding hydrogens is 186 g/mol. The summed E-state index contributed by atoms with van der Waals surface area (Å²) < 4.78 is 9.62. The smallest absolute Gasteiger partial charge is 0.325 e. The molecule has 0 aromatic carbocycles. The molecule has 1 heterocycles. The largest absolute Gasteiger partial charge is 0.468 e. The van der Waals surface area contributed by atoms with Gasteiger partial charge in [0.1, 0.15) is 12.6 Å². The molecule has 1 N–H and O–H groups in total. The van der Waals surface area contributed by atoms with E-state index in [-0.39, 0.29) is 18.4 Å². The van der Waals surface area contributed by atoms with Crippen molar-refractivity contribution >= 4 is 11.9 Å². The van der Waals surface area contributed by atoms with E-state index < -0.39 is 12.1 Å². The van der Waals surface area contributed by atoms with Gasteiger partial charge in [-0.25, -0.2) is 0 Å². The highest BCUT2D eigenvalue weighted by molar-refractivity contribution is 5.85. The van der Waals surface area contributed by atoms with Gasteiger partial charge in [-0.1, -0.05) is 6.92 Å². The topological polar surface area (TPSA) is 64.6 Å². The van der Waals surface area contributed by atoms with Crippen molar-refractivity contribution in [2.24, 2.45) is 5.92 Å². The molecule has 1 saturated heterocycles. The first-order valence-electron chi connectivity index (χ1n) is 4.61. The third kappa shape index (κ3) is 2.70. The van der Waals surface area contributed by atoms with Gasteiger partial charge in [-0.3, -0.25) is 9.59 Å². The highest BCUT2D eigenvalue weighted by atomic mass is 16.5. The Labute approximate surface area is 82.8 Å². The number of carbonyl (C=O) groups excluding carboxylic acids is 2. The summed E-state index contributed by atoms with van der Waals surface area (Å²) in [5.41, 5.74) is 0. The fourth-order valence-corrected chi connectivity index (χ4v) is 1.36. The van der Waals surface area contributed by atoms with Gasteiger partial charge in [-0.05, 0) is 12.3 Å². The molecule has 0 saturated carbocycles. The van der Waals surface area contributed by atoms with Crippen LogP contribution in [0.1, 0.15) is 13.3 Å². The zero-order chi connectivity index (χ0) is 10.6. The highest BCUT2D eigenvalue weighted by Crippen LogP contribution is 2.19. The van der Waals surface area contributed by atoms with Crippen LogP contribution in [0.2, 0.25) is 0 Å². The molecule has 1 rings (SSSR count). The van der Waals surface area contributed by atoms with Gasteiger partial charge in [-0.2, -0.15) is 0 Å². The van der Waals surface area contributed by atoms with Crippen molar-refractivity contribution in [3.8, 4) is 0 Å². The molecule has 1 amide bonds. The van der Waals surface area contributed by atoms with Gasteiger partial charge >= 0.3 is 5.97 Å². The number of ether oxygens (including phenoxy) is 2. The van der Waals surface area contributed by atoms with Crippen LogP contribution in [0.15, 0.2) is 0 Å². The molecule has 0 aromatic rings. The second-order valence-corrected chi connectivity index (χ2v) is 3.35. The maximum Gasteiger partial charge on any atom is 0.325 e. The number of hydrogen-bond acceptors (Lipinski definition) is 4. The predicted molar refractivity (Wildman–Crippen MR) is 48.5 cm³/mol. The minimum Gasteiger partial charge on any atom is -0.468 e. The maximum atomic E-state index is 11.4. The fourth-order valence-electron chi connectivity index (χ4n) is 1.36. The molecule has 0 bridgehead atoms. The van der Waals surface area contributed by atoms with Crippen LogP contribution < -0.4 is 5.32 Å². The van der Waals surface area contributed by atoms with Crippen LogP contribution in [-0.2, 0) is 19.1 Å². The second kappa shape index (κ2) is 4.95. The van der Waals surface area contributed by atoms with Crippen molar-refractivity contribution in [2.75, 3.05) is 20.3 Å². The first kappa shape index (κ1) is 11.0. The molecule has 2 atom stereocenters. The summed E-state index contributed by atoms with van der Waals surface area (Å²) in [6.45, 7) is 2.47. The number of amides is 1. The molecule has 5 nitrogen and oxygen atoms in total. The lowest BCUT2D eigenvalue weighted by Gasteiger charge is -2.13. The van der Waals surface area contributed by atoms with E-state index in [2.05, 4.69) is 10.1 Å². The van der Waals surface area contributed by atoms with Gasteiger partial charge in [0.05, 0.1) is 7.11 Å². The third-order valence-corrected chi connectivity index (χ3v) is 2.28. The zero-order valence-electron chi connectivity index (χ0n) is 8.41. The van der Waals surface area contributed by atoms with Crippen molar-refractivity contribution in [2.45, 2.75) is 19.4 Å². The van der Waals surface area contributed by atoms with E-state index in [0.29, 0.717) is 6.61 Å². The normalized spacial score (nSPS) is 25.9. The number of methoxy groups -OCH3 is 1. The van der Waals surface area contributed by atoms with Crippen LogP contribution >= 0.6 is 0 Å². The average Bonchev–Trinajstić information content (AvgIpc) is 2.60. The second-order valence-electron chi connectivity index (χ2n) is 3.35. The molecule has 0 aromatic heterocycles. The Morgan fingerprint density at radius 1 is 1.57 bits per heavy atom. The number of hydrogen-bond donors (Lipinski definition) is 1. The van der Waals surface area contributed by atoms with E-state index in [1.54, 1.807) is 0 Å². The summed E-state index contributed by atoms with van der Waals surface area (Å²) in [6.07, 6.45) is 0.468. The first-order chi connectivity index (χ1) is 6.65. The van der Waals surface area contributed by atoms with Gasteiger partial charge in [-0.15, -0.1) is 0 Å². The average molecular weight is 201 g/mol. The molecule has 2 unspecified atom stereocenters. The van der Waals surface area contributed by atoms with Gasteiger partial charge in [0, 0.05) is 6.61 Å². The first-order valence-corrected chi connectivity index (χ1v) is 4.61. The summed E-state index contributed by atoms with van der Waals surface area (Å²) in [5.74, 6) is -0.475. The van der Waals surface area contributed by atoms with E-state index in [1.807, 2.05) is 6.92 Å². The molecule has 1 fully saturated rings. The summed E-state index contributed by atoms with van der Waals surface area (Å²) in [4.78, 5) is 22.2. The zero-order valence-corrected chi connectivity index (χ0v) is 8.41. The van der Waals surface area contributed by atoms with Gasteiger partial charge < -0.3 is 14.8 Å². The molecule has 80 valence electrons. The van der Waals surface area contributed by atoms with E-state index in [4.69, 9.17) is 4.74 Å². The highest BCUT2D eigenvalue weighted by Gasteiger charge is 2.30. The minimum atomic E-state index is -0.455. The Bertz CT molecular complexity index is 229. The van der Waals surface area contributed by atoms with Crippen molar-refractivity contribution in [1.82, 2.24) is 5.32 Å². The summed E-state index contributed by atoms with van der Waals surface area (Å²) in [6, 6.07) is 0. The minimum absolute atomic E-state index is 0.0953. The lowest BCUT2D eigenvalue weighted by molar-refractivity contribution is -0.142. The van der Waals surface area contributed by atoms with Crippen molar-refractivity contribution in [1.29, 1.82) is 0 Å². The Hall–Kier alpha value is -1.10. The fraction of sp³-hybridized carbons (Fsp3) is 0.778. The standard InChI is InChI=1S/C9H15NO4/c1-6-3-4-14-8(6)9(12)10-5-7(11)13-2/h6,8H,3-5H2,1-2H3,(H,10,12). The maximum absolute atomic E-state index is 11.4. The Balaban J connectivity index is 2.31. The van der Waals surface area contributed by atoms with Crippen LogP contribution in [0.3, 0.4) is 0 Å². The van der Waals surface area contributed by atoms with E-state index in [9.17, 15) is 9.59 Å². The van der Waals surface area contributed by atoms with Gasteiger partial charge in [0.25, 0.3) is 0 Å². The SMILES string of the molecule is COC(=O)CNC(=O)C1OCCC1C. The number of carbonyl (C=O) groups is 2. The Morgan fingerprint density at radius 2 is 2.29 bits per heavy atom. The summed E-state index contributed by atoms with van der Waals surface area (Å²) in [7, 11) is 1.28. The lowest BCUT2D eigenvalue weighted by atomic mass is 10.0. The molecular formula is C9H15NO4. The van der Waals surface area contributed by atoms with Gasteiger partial charge in [0.2, 0.25) is 5.91 Å². The lowest BCUT2D eigenvalue weighted by Crippen LogP contribution is -2.40. The monoisotopic (exact) mass is 201 g/mol. The molecule has 5 heteroatoms. The molecule has 1 aliphatic rings. The van der Waals surface area contributed by atoms with Crippen molar-refractivity contribution < 1.29 is 19.1 Å². The molecule has 0 radical (unpaired) electrons. The number of nitrogens with one attached hydrogen (secondary N) is 1.